The monoisotopic (exact) mass is 467 g/mol. The number of carbonyl (C=O) groups is 1. The van der Waals surface area contributed by atoms with Crippen LogP contribution in [0.15, 0.2) is 46.7 Å². The first-order valence-corrected chi connectivity index (χ1v) is 12.7. The summed E-state index contributed by atoms with van der Waals surface area (Å²) in [5.41, 5.74) is 0. The van der Waals surface area contributed by atoms with Crippen molar-refractivity contribution in [3.8, 4) is 5.75 Å². The lowest BCUT2D eigenvalue weighted by atomic mass is 10.2. The minimum absolute atomic E-state index is 0.0304. The van der Waals surface area contributed by atoms with Crippen LogP contribution in [-0.4, -0.2) is 65.2 Å². The van der Waals surface area contributed by atoms with Gasteiger partial charge in [-0.1, -0.05) is 6.07 Å². The largest absolute Gasteiger partial charge is 0.494 e. The van der Waals surface area contributed by atoms with E-state index in [-0.39, 0.29) is 29.8 Å². The van der Waals surface area contributed by atoms with Crippen molar-refractivity contribution in [2.24, 2.45) is 0 Å². The number of morpholine rings is 1. The van der Waals surface area contributed by atoms with Crippen LogP contribution < -0.4 is 14.8 Å². The lowest BCUT2D eigenvalue weighted by Crippen LogP contribution is -2.43. The molecular weight excluding hydrogens is 438 g/mol. The van der Waals surface area contributed by atoms with Gasteiger partial charge in [0.1, 0.15) is 5.75 Å². The molecule has 2 aromatic rings. The Labute approximate surface area is 187 Å². The SMILES string of the molecule is CCOc1ccc(S(=O)(=O)NCCC(=O)NC[C@H](c2cccs2)N2CCOCC2)cc1. The van der Waals surface area contributed by atoms with Crippen LogP contribution in [0.4, 0.5) is 0 Å². The Morgan fingerprint density at radius 3 is 2.61 bits per heavy atom. The van der Waals surface area contributed by atoms with E-state index in [1.54, 1.807) is 23.5 Å². The van der Waals surface area contributed by atoms with Crippen LogP contribution in [0, 0.1) is 0 Å². The molecule has 1 atom stereocenters. The van der Waals surface area contributed by atoms with Gasteiger partial charge in [0, 0.05) is 37.5 Å². The highest BCUT2D eigenvalue weighted by molar-refractivity contribution is 7.89. The molecule has 10 heteroatoms. The Morgan fingerprint density at radius 1 is 1.23 bits per heavy atom. The van der Waals surface area contributed by atoms with Crippen LogP contribution in [0.3, 0.4) is 0 Å². The maximum absolute atomic E-state index is 12.4. The molecule has 0 saturated carbocycles. The normalized spacial score (nSPS) is 16.0. The van der Waals surface area contributed by atoms with Crippen molar-refractivity contribution in [1.29, 1.82) is 0 Å². The second kappa shape index (κ2) is 11.6. The Morgan fingerprint density at radius 2 is 1.97 bits per heavy atom. The Bertz CT molecular complexity index is 911. The van der Waals surface area contributed by atoms with Gasteiger partial charge in [-0.05, 0) is 42.6 Å². The van der Waals surface area contributed by atoms with E-state index in [4.69, 9.17) is 9.47 Å². The van der Waals surface area contributed by atoms with Crippen LogP contribution in [0.2, 0.25) is 0 Å². The van der Waals surface area contributed by atoms with E-state index in [2.05, 4.69) is 21.0 Å². The number of amides is 1. The molecule has 0 aliphatic carbocycles. The Kier molecular flexibility index (Phi) is 8.85. The summed E-state index contributed by atoms with van der Waals surface area (Å²) in [6.45, 7) is 5.89. The molecule has 170 valence electrons. The van der Waals surface area contributed by atoms with Gasteiger partial charge in [-0.25, -0.2) is 13.1 Å². The summed E-state index contributed by atoms with van der Waals surface area (Å²) in [5, 5.41) is 4.98. The highest BCUT2D eigenvalue weighted by Gasteiger charge is 2.24. The molecule has 1 aliphatic heterocycles. The van der Waals surface area contributed by atoms with Crippen molar-refractivity contribution in [3.63, 3.8) is 0 Å². The van der Waals surface area contributed by atoms with Gasteiger partial charge in [-0.2, -0.15) is 0 Å². The summed E-state index contributed by atoms with van der Waals surface area (Å²) in [5.74, 6) is 0.422. The van der Waals surface area contributed by atoms with Gasteiger partial charge in [-0.3, -0.25) is 9.69 Å². The molecule has 8 nitrogen and oxygen atoms in total. The molecule has 2 heterocycles. The van der Waals surface area contributed by atoms with Gasteiger partial charge in [0.25, 0.3) is 0 Å². The molecular formula is C21H29N3O5S2. The van der Waals surface area contributed by atoms with Crippen LogP contribution in [0.25, 0.3) is 0 Å². The van der Waals surface area contributed by atoms with E-state index in [1.165, 1.54) is 17.0 Å². The lowest BCUT2D eigenvalue weighted by Gasteiger charge is -2.34. The number of hydrogen-bond acceptors (Lipinski definition) is 7. The maximum atomic E-state index is 12.4. The van der Waals surface area contributed by atoms with Crippen LogP contribution >= 0.6 is 11.3 Å². The zero-order valence-electron chi connectivity index (χ0n) is 17.6. The molecule has 0 spiro atoms. The number of nitrogens with one attached hydrogen (secondary N) is 2. The fourth-order valence-corrected chi connectivity index (χ4v) is 5.24. The van der Waals surface area contributed by atoms with Gasteiger partial charge in [-0.15, -0.1) is 11.3 Å². The van der Waals surface area contributed by atoms with E-state index < -0.39 is 10.0 Å². The van der Waals surface area contributed by atoms with Gasteiger partial charge < -0.3 is 14.8 Å². The van der Waals surface area contributed by atoms with Crippen molar-refractivity contribution in [2.45, 2.75) is 24.3 Å². The molecule has 1 fully saturated rings. The summed E-state index contributed by atoms with van der Waals surface area (Å²) in [6.07, 6.45) is 0.0660. The highest BCUT2D eigenvalue weighted by Crippen LogP contribution is 2.25. The number of carbonyl (C=O) groups excluding carboxylic acids is 1. The molecule has 1 aliphatic rings. The topological polar surface area (TPSA) is 97.0 Å². The van der Waals surface area contributed by atoms with Crippen LogP contribution in [0.1, 0.15) is 24.3 Å². The first kappa shape index (κ1) is 23.7. The predicted octanol–water partition coefficient (Wildman–Crippen LogP) is 2.00. The zero-order valence-corrected chi connectivity index (χ0v) is 19.2. The first-order chi connectivity index (χ1) is 15.0. The third-order valence-electron chi connectivity index (χ3n) is 4.94. The lowest BCUT2D eigenvalue weighted by molar-refractivity contribution is -0.121. The van der Waals surface area contributed by atoms with E-state index in [0.29, 0.717) is 32.1 Å². The second-order valence-electron chi connectivity index (χ2n) is 7.04. The maximum Gasteiger partial charge on any atom is 0.240 e. The van der Waals surface area contributed by atoms with Gasteiger partial charge in [0.15, 0.2) is 0 Å². The average Bonchev–Trinajstić information content (AvgIpc) is 3.30. The highest BCUT2D eigenvalue weighted by atomic mass is 32.2. The molecule has 0 unspecified atom stereocenters. The standard InChI is InChI=1S/C21H29N3O5S2/c1-2-29-17-5-7-18(8-6-17)31(26,27)23-10-9-21(25)22-16-19(20-4-3-15-30-20)24-11-13-28-14-12-24/h3-8,15,19,23H,2,9-14,16H2,1H3,(H,22,25)/t19-/m1/s1. The smallest absolute Gasteiger partial charge is 0.240 e. The number of thiophene rings is 1. The van der Waals surface area contributed by atoms with E-state index in [0.717, 1.165) is 13.1 Å². The fraction of sp³-hybridized carbons (Fsp3) is 0.476. The molecule has 1 amide bonds. The molecule has 0 bridgehead atoms. The number of rotatable bonds is 11. The number of ether oxygens (including phenoxy) is 2. The van der Waals surface area contributed by atoms with Crippen LogP contribution in [-0.2, 0) is 19.6 Å². The molecule has 1 saturated heterocycles. The third-order valence-corrected chi connectivity index (χ3v) is 7.39. The summed E-state index contributed by atoms with van der Waals surface area (Å²) in [7, 11) is -3.68. The summed E-state index contributed by atoms with van der Waals surface area (Å²) in [6, 6.07) is 10.4. The van der Waals surface area contributed by atoms with Crippen molar-refractivity contribution in [2.75, 3.05) is 46.0 Å². The molecule has 3 rings (SSSR count). The second-order valence-corrected chi connectivity index (χ2v) is 9.78. The molecule has 0 radical (unpaired) electrons. The minimum Gasteiger partial charge on any atom is -0.494 e. The molecule has 1 aromatic carbocycles. The van der Waals surface area contributed by atoms with E-state index in [9.17, 15) is 13.2 Å². The van der Waals surface area contributed by atoms with Crippen LogP contribution in [0.5, 0.6) is 5.75 Å². The van der Waals surface area contributed by atoms with Gasteiger partial charge in [0.2, 0.25) is 15.9 Å². The summed E-state index contributed by atoms with van der Waals surface area (Å²) in [4.78, 5) is 16.0. The third kappa shape index (κ3) is 7.01. The van der Waals surface area contributed by atoms with Gasteiger partial charge in [0.05, 0.1) is 30.8 Å². The summed E-state index contributed by atoms with van der Waals surface area (Å²) < 4.78 is 38.1. The quantitative estimate of drug-likeness (QED) is 0.525. The number of hydrogen-bond donors (Lipinski definition) is 2. The van der Waals surface area contributed by atoms with Crippen molar-refractivity contribution in [3.05, 3.63) is 46.7 Å². The average molecular weight is 468 g/mol. The summed E-state index contributed by atoms with van der Waals surface area (Å²) >= 11 is 1.66. The molecule has 1 aromatic heterocycles. The molecule has 31 heavy (non-hydrogen) atoms. The fourth-order valence-electron chi connectivity index (χ4n) is 3.34. The van der Waals surface area contributed by atoms with E-state index in [1.807, 2.05) is 18.4 Å². The van der Waals surface area contributed by atoms with Crippen molar-refractivity contribution < 1.29 is 22.7 Å². The Hall–Kier alpha value is -1.98. The van der Waals surface area contributed by atoms with E-state index >= 15 is 0 Å². The van der Waals surface area contributed by atoms with Crippen molar-refractivity contribution >= 4 is 27.3 Å². The number of benzene rings is 1. The minimum atomic E-state index is -3.68. The van der Waals surface area contributed by atoms with Crippen molar-refractivity contribution in [1.82, 2.24) is 14.9 Å². The Balaban J connectivity index is 1.47. The van der Waals surface area contributed by atoms with Gasteiger partial charge >= 0.3 is 0 Å². The first-order valence-electron chi connectivity index (χ1n) is 10.3. The predicted molar refractivity (Wildman–Crippen MR) is 120 cm³/mol. The number of nitrogens with zero attached hydrogens (tertiary/aromatic N) is 1. The molecule has 2 N–H and O–H groups in total. The number of sulfonamides is 1. The zero-order chi connectivity index (χ0) is 22.1.